The van der Waals surface area contributed by atoms with Crippen LogP contribution in [-0.2, 0) is 4.79 Å². The summed E-state index contributed by atoms with van der Waals surface area (Å²) in [7, 11) is 0. The second-order valence-corrected chi connectivity index (χ2v) is 7.24. The van der Waals surface area contributed by atoms with Gasteiger partial charge < -0.3 is 10.2 Å². The molecule has 0 bridgehead atoms. The molecule has 2 fully saturated rings. The van der Waals surface area contributed by atoms with Crippen molar-refractivity contribution in [2.75, 3.05) is 24.6 Å². The Morgan fingerprint density at radius 2 is 2.19 bits per heavy atom. The highest BCUT2D eigenvalue weighted by Crippen LogP contribution is 2.32. The molecular formula is C17H24N2OS. The van der Waals surface area contributed by atoms with Gasteiger partial charge in [0.05, 0.1) is 6.04 Å². The predicted molar refractivity (Wildman–Crippen MR) is 88.6 cm³/mol. The van der Waals surface area contributed by atoms with Gasteiger partial charge in [-0.05, 0) is 25.3 Å². The molecule has 2 atom stereocenters. The van der Waals surface area contributed by atoms with E-state index in [0.29, 0.717) is 18.4 Å². The number of carbonyl (C=O) groups excluding carboxylic acids is 1. The van der Waals surface area contributed by atoms with E-state index in [2.05, 4.69) is 41.4 Å². The molecule has 1 aromatic carbocycles. The third-order valence-electron chi connectivity index (χ3n) is 4.45. The lowest BCUT2D eigenvalue weighted by molar-refractivity contribution is -0.132. The third-order valence-corrected chi connectivity index (χ3v) is 5.59. The second kappa shape index (κ2) is 6.84. The Kier molecular flexibility index (Phi) is 4.86. The molecule has 2 saturated heterocycles. The highest BCUT2D eigenvalue weighted by Gasteiger charge is 2.31. The van der Waals surface area contributed by atoms with Gasteiger partial charge in [-0.3, -0.25) is 4.79 Å². The van der Waals surface area contributed by atoms with Crippen LogP contribution < -0.4 is 5.32 Å². The minimum atomic E-state index is 0.286. The minimum absolute atomic E-state index is 0.286. The SMILES string of the molecule is Cc1ccc([C@@H]2CCCN2C(=O)C[C@H]2CSCCN2)cc1. The van der Waals surface area contributed by atoms with Crippen LogP contribution >= 0.6 is 11.8 Å². The molecule has 2 aliphatic heterocycles. The van der Waals surface area contributed by atoms with Crippen LogP contribution in [0.3, 0.4) is 0 Å². The lowest BCUT2D eigenvalue weighted by Gasteiger charge is -2.29. The van der Waals surface area contributed by atoms with Gasteiger partial charge in [-0.1, -0.05) is 29.8 Å². The minimum Gasteiger partial charge on any atom is -0.336 e. The first-order valence-electron chi connectivity index (χ1n) is 7.91. The number of hydrogen-bond acceptors (Lipinski definition) is 3. The van der Waals surface area contributed by atoms with Crippen LogP contribution in [0, 0.1) is 6.92 Å². The van der Waals surface area contributed by atoms with Gasteiger partial charge >= 0.3 is 0 Å². The van der Waals surface area contributed by atoms with Crippen LogP contribution in [0.25, 0.3) is 0 Å². The number of aryl methyl sites for hydroxylation is 1. The Labute approximate surface area is 131 Å². The molecule has 1 aromatic rings. The molecule has 21 heavy (non-hydrogen) atoms. The van der Waals surface area contributed by atoms with E-state index in [0.717, 1.165) is 31.7 Å². The quantitative estimate of drug-likeness (QED) is 0.932. The van der Waals surface area contributed by atoms with Crippen LogP contribution in [-0.4, -0.2) is 41.4 Å². The Morgan fingerprint density at radius 3 is 2.90 bits per heavy atom. The number of benzene rings is 1. The number of thioether (sulfide) groups is 1. The molecule has 0 radical (unpaired) electrons. The van der Waals surface area contributed by atoms with E-state index in [1.54, 1.807) is 0 Å². The van der Waals surface area contributed by atoms with Crippen molar-refractivity contribution >= 4 is 17.7 Å². The highest BCUT2D eigenvalue weighted by molar-refractivity contribution is 7.99. The number of nitrogens with one attached hydrogen (secondary N) is 1. The Balaban J connectivity index is 1.65. The van der Waals surface area contributed by atoms with Crippen LogP contribution in [0.5, 0.6) is 0 Å². The van der Waals surface area contributed by atoms with Gasteiger partial charge in [0.25, 0.3) is 0 Å². The van der Waals surface area contributed by atoms with Gasteiger partial charge in [-0.25, -0.2) is 0 Å². The summed E-state index contributed by atoms with van der Waals surface area (Å²) < 4.78 is 0. The fourth-order valence-corrected chi connectivity index (χ4v) is 4.23. The van der Waals surface area contributed by atoms with Gasteiger partial charge in [-0.15, -0.1) is 0 Å². The number of hydrogen-bond donors (Lipinski definition) is 1. The van der Waals surface area contributed by atoms with Crippen molar-refractivity contribution in [2.24, 2.45) is 0 Å². The van der Waals surface area contributed by atoms with Crippen molar-refractivity contribution in [3.63, 3.8) is 0 Å². The summed E-state index contributed by atoms with van der Waals surface area (Å²) in [5.41, 5.74) is 2.57. The zero-order chi connectivity index (χ0) is 14.7. The zero-order valence-electron chi connectivity index (χ0n) is 12.7. The predicted octanol–water partition coefficient (Wildman–Crippen LogP) is 2.75. The number of rotatable bonds is 3. The summed E-state index contributed by atoms with van der Waals surface area (Å²) in [6, 6.07) is 9.30. The fourth-order valence-electron chi connectivity index (χ4n) is 3.28. The van der Waals surface area contributed by atoms with E-state index in [1.807, 2.05) is 11.8 Å². The van der Waals surface area contributed by atoms with Crippen LogP contribution in [0.1, 0.15) is 36.4 Å². The standard InChI is InChI=1S/C17H24N2OS/c1-13-4-6-14(7-5-13)16-3-2-9-19(16)17(20)11-15-12-21-10-8-18-15/h4-7,15-16,18H,2-3,8-12H2,1H3/t15-,16-/m0/s1. The fraction of sp³-hybridized carbons (Fsp3) is 0.588. The summed E-state index contributed by atoms with van der Waals surface area (Å²) in [5.74, 6) is 2.55. The summed E-state index contributed by atoms with van der Waals surface area (Å²) in [6.07, 6.45) is 2.87. The maximum Gasteiger partial charge on any atom is 0.224 e. The van der Waals surface area contributed by atoms with Gasteiger partial charge in [0, 0.05) is 37.1 Å². The van der Waals surface area contributed by atoms with Gasteiger partial charge in [0.1, 0.15) is 0 Å². The van der Waals surface area contributed by atoms with E-state index in [4.69, 9.17) is 0 Å². The molecule has 0 spiro atoms. The molecule has 114 valence electrons. The van der Waals surface area contributed by atoms with Crippen molar-refractivity contribution in [1.29, 1.82) is 0 Å². The molecule has 0 aromatic heterocycles. The zero-order valence-corrected chi connectivity index (χ0v) is 13.5. The molecule has 3 rings (SSSR count). The molecule has 0 saturated carbocycles. The Hall–Kier alpha value is -1.00. The van der Waals surface area contributed by atoms with E-state index in [-0.39, 0.29) is 6.04 Å². The van der Waals surface area contributed by atoms with Crippen LogP contribution in [0.4, 0.5) is 0 Å². The van der Waals surface area contributed by atoms with Gasteiger partial charge in [0.2, 0.25) is 5.91 Å². The average molecular weight is 304 g/mol. The Morgan fingerprint density at radius 1 is 1.38 bits per heavy atom. The van der Waals surface area contributed by atoms with Crippen LogP contribution in [0.2, 0.25) is 0 Å². The summed E-state index contributed by atoms with van der Waals surface area (Å²) in [6.45, 7) is 4.05. The lowest BCUT2D eigenvalue weighted by Crippen LogP contribution is -2.42. The Bertz CT molecular complexity index is 482. The number of nitrogens with zero attached hydrogens (tertiary/aromatic N) is 1. The molecule has 2 heterocycles. The maximum absolute atomic E-state index is 12.6. The van der Waals surface area contributed by atoms with Crippen molar-refractivity contribution in [3.8, 4) is 0 Å². The normalized spacial score (nSPS) is 26.0. The van der Waals surface area contributed by atoms with Crippen molar-refractivity contribution in [2.45, 2.75) is 38.3 Å². The smallest absolute Gasteiger partial charge is 0.224 e. The summed E-state index contributed by atoms with van der Waals surface area (Å²) >= 11 is 1.95. The first kappa shape index (κ1) is 14.9. The number of likely N-dealkylation sites (tertiary alicyclic amines) is 1. The summed E-state index contributed by atoms with van der Waals surface area (Å²) in [5, 5.41) is 3.47. The molecule has 1 amide bonds. The van der Waals surface area contributed by atoms with Crippen LogP contribution in [0.15, 0.2) is 24.3 Å². The van der Waals surface area contributed by atoms with Gasteiger partial charge in [0.15, 0.2) is 0 Å². The van der Waals surface area contributed by atoms with Crippen molar-refractivity contribution < 1.29 is 4.79 Å². The van der Waals surface area contributed by atoms with E-state index in [9.17, 15) is 4.79 Å². The summed E-state index contributed by atoms with van der Waals surface area (Å²) in [4.78, 5) is 14.7. The molecule has 0 aliphatic carbocycles. The monoisotopic (exact) mass is 304 g/mol. The first-order chi connectivity index (χ1) is 10.2. The number of amides is 1. The molecule has 4 heteroatoms. The molecule has 1 N–H and O–H groups in total. The highest BCUT2D eigenvalue weighted by atomic mass is 32.2. The maximum atomic E-state index is 12.6. The van der Waals surface area contributed by atoms with Crippen molar-refractivity contribution in [1.82, 2.24) is 10.2 Å². The van der Waals surface area contributed by atoms with Gasteiger partial charge in [-0.2, -0.15) is 11.8 Å². The first-order valence-corrected chi connectivity index (χ1v) is 9.06. The topological polar surface area (TPSA) is 32.3 Å². The molecular weight excluding hydrogens is 280 g/mol. The third kappa shape index (κ3) is 3.61. The molecule has 3 nitrogen and oxygen atoms in total. The average Bonchev–Trinajstić information content (AvgIpc) is 2.98. The lowest BCUT2D eigenvalue weighted by atomic mass is 10.0. The van der Waals surface area contributed by atoms with Crippen molar-refractivity contribution in [3.05, 3.63) is 35.4 Å². The largest absolute Gasteiger partial charge is 0.336 e. The molecule has 0 unspecified atom stereocenters. The number of carbonyl (C=O) groups is 1. The second-order valence-electron chi connectivity index (χ2n) is 6.09. The van der Waals surface area contributed by atoms with E-state index in [1.165, 1.54) is 16.9 Å². The molecule has 2 aliphatic rings. The van der Waals surface area contributed by atoms with E-state index >= 15 is 0 Å². The van der Waals surface area contributed by atoms with E-state index < -0.39 is 0 Å².